The van der Waals surface area contributed by atoms with E-state index in [9.17, 15) is 4.79 Å². The van der Waals surface area contributed by atoms with Crippen molar-refractivity contribution < 1.29 is 4.79 Å². The lowest BCUT2D eigenvalue weighted by Crippen LogP contribution is -2.27. The van der Waals surface area contributed by atoms with Gasteiger partial charge in [-0.15, -0.1) is 0 Å². The quantitative estimate of drug-likeness (QED) is 0.461. The minimum absolute atomic E-state index is 0.129. The van der Waals surface area contributed by atoms with Gasteiger partial charge in [-0.2, -0.15) is 0 Å². The van der Waals surface area contributed by atoms with Crippen molar-refractivity contribution in [2.45, 2.75) is 40.0 Å². The molecule has 21 heavy (non-hydrogen) atoms. The predicted octanol–water partition coefficient (Wildman–Crippen LogP) is 3.78. The van der Waals surface area contributed by atoms with Crippen molar-refractivity contribution in [1.29, 1.82) is 0 Å². The highest BCUT2D eigenvalue weighted by atomic mass is 16.2. The van der Waals surface area contributed by atoms with Gasteiger partial charge in [0.15, 0.2) is 0 Å². The second kappa shape index (κ2) is 6.64. The van der Waals surface area contributed by atoms with E-state index in [0.29, 0.717) is 19.5 Å². The van der Waals surface area contributed by atoms with E-state index in [-0.39, 0.29) is 11.8 Å². The minimum Gasteiger partial charge on any atom is -0.312 e. The van der Waals surface area contributed by atoms with Crippen LogP contribution in [0.4, 0.5) is 5.69 Å². The average molecular weight is 286 g/mol. The molecule has 1 saturated heterocycles. The van der Waals surface area contributed by atoms with Gasteiger partial charge in [0.05, 0.1) is 0 Å². The molecule has 1 aliphatic rings. The van der Waals surface area contributed by atoms with Crippen molar-refractivity contribution >= 4 is 11.6 Å². The molecular formula is C16H22N4O. The van der Waals surface area contributed by atoms with Crippen molar-refractivity contribution in [3.8, 4) is 0 Å². The molecule has 112 valence electrons. The van der Waals surface area contributed by atoms with Crippen LogP contribution in [0.25, 0.3) is 10.4 Å². The maximum atomic E-state index is 12.4. The highest BCUT2D eigenvalue weighted by Gasteiger charge is 2.32. The van der Waals surface area contributed by atoms with Crippen LogP contribution in [0.2, 0.25) is 0 Å². The number of amides is 1. The van der Waals surface area contributed by atoms with Gasteiger partial charge in [-0.05, 0) is 42.3 Å². The second-order valence-electron chi connectivity index (χ2n) is 5.63. The zero-order valence-electron chi connectivity index (χ0n) is 13.0. The van der Waals surface area contributed by atoms with Gasteiger partial charge in [0.2, 0.25) is 5.91 Å². The van der Waals surface area contributed by atoms with E-state index in [1.165, 1.54) is 16.7 Å². The molecule has 5 nitrogen and oxygen atoms in total. The van der Waals surface area contributed by atoms with E-state index in [4.69, 9.17) is 5.53 Å². The maximum absolute atomic E-state index is 12.4. The van der Waals surface area contributed by atoms with Gasteiger partial charge < -0.3 is 4.90 Å². The van der Waals surface area contributed by atoms with Crippen LogP contribution in [-0.4, -0.2) is 19.0 Å². The standard InChI is InChI=1S/C16H22N4O/c1-4-13-6-11(3)7-14(5-2)16(13)20-10-12(8-15(20)21)9-18-19-17/h6-7,12H,4-5,8-10H2,1-3H3. The minimum atomic E-state index is 0.129. The lowest BCUT2D eigenvalue weighted by atomic mass is 9.98. The predicted molar refractivity (Wildman–Crippen MR) is 84.4 cm³/mol. The van der Waals surface area contributed by atoms with Crippen molar-refractivity contribution in [1.82, 2.24) is 0 Å². The molecule has 1 aromatic rings. The van der Waals surface area contributed by atoms with E-state index in [1.54, 1.807) is 0 Å². The molecule has 5 heteroatoms. The Morgan fingerprint density at radius 1 is 1.33 bits per heavy atom. The first-order valence-corrected chi connectivity index (χ1v) is 7.54. The van der Waals surface area contributed by atoms with Crippen LogP contribution in [0.1, 0.15) is 37.0 Å². The Morgan fingerprint density at radius 2 is 1.95 bits per heavy atom. The third-order valence-electron chi connectivity index (χ3n) is 4.05. The number of rotatable bonds is 5. The van der Waals surface area contributed by atoms with E-state index >= 15 is 0 Å². The lowest BCUT2D eigenvalue weighted by Gasteiger charge is -2.24. The summed E-state index contributed by atoms with van der Waals surface area (Å²) >= 11 is 0. The maximum Gasteiger partial charge on any atom is 0.227 e. The number of carbonyl (C=O) groups is 1. The number of benzene rings is 1. The van der Waals surface area contributed by atoms with E-state index < -0.39 is 0 Å². The zero-order valence-corrected chi connectivity index (χ0v) is 13.0. The van der Waals surface area contributed by atoms with Gasteiger partial charge >= 0.3 is 0 Å². The normalized spacial score (nSPS) is 18.0. The van der Waals surface area contributed by atoms with Crippen LogP contribution in [0, 0.1) is 12.8 Å². The SMILES string of the molecule is CCc1cc(C)cc(CC)c1N1CC(CN=[N+]=[N-])CC1=O. The molecule has 2 rings (SSSR count). The van der Waals surface area contributed by atoms with Crippen LogP contribution >= 0.6 is 0 Å². The topological polar surface area (TPSA) is 69.1 Å². The summed E-state index contributed by atoms with van der Waals surface area (Å²) in [5.41, 5.74) is 13.2. The molecule has 0 saturated carbocycles. The van der Waals surface area contributed by atoms with Crippen LogP contribution in [-0.2, 0) is 17.6 Å². The van der Waals surface area contributed by atoms with Crippen molar-refractivity contribution in [2.75, 3.05) is 18.0 Å². The molecule has 0 aromatic heterocycles. The first-order valence-electron chi connectivity index (χ1n) is 7.54. The highest BCUT2D eigenvalue weighted by Crippen LogP contribution is 2.33. The summed E-state index contributed by atoms with van der Waals surface area (Å²) in [6, 6.07) is 4.34. The largest absolute Gasteiger partial charge is 0.312 e. The van der Waals surface area contributed by atoms with E-state index in [0.717, 1.165) is 18.5 Å². The summed E-state index contributed by atoms with van der Waals surface area (Å²) in [5, 5.41) is 3.62. The van der Waals surface area contributed by atoms with Gasteiger partial charge in [0.1, 0.15) is 0 Å². The van der Waals surface area contributed by atoms with Gasteiger partial charge in [0.25, 0.3) is 0 Å². The van der Waals surface area contributed by atoms with Crippen molar-refractivity contribution in [2.24, 2.45) is 11.0 Å². The third kappa shape index (κ3) is 3.19. The summed E-state index contributed by atoms with van der Waals surface area (Å²) in [6.07, 6.45) is 2.29. The molecule has 0 aliphatic carbocycles. The summed E-state index contributed by atoms with van der Waals surface area (Å²) in [4.78, 5) is 17.1. The molecule has 0 bridgehead atoms. The number of azide groups is 1. The zero-order chi connectivity index (χ0) is 15.4. The molecule has 1 aromatic carbocycles. The van der Waals surface area contributed by atoms with Gasteiger partial charge in [-0.1, -0.05) is 36.7 Å². The van der Waals surface area contributed by atoms with E-state index in [1.807, 2.05) is 4.90 Å². The second-order valence-corrected chi connectivity index (χ2v) is 5.63. The monoisotopic (exact) mass is 286 g/mol. The van der Waals surface area contributed by atoms with Crippen LogP contribution < -0.4 is 4.90 Å². The Hall–Kier alpha value is -2.00. The summed E-state index contributed by atoms with van der Waals surface area (Å²) in [5.74, 6) is 0.269. The van der Waals surface area contributed by atoms with Gasteiger partial charge in [-0.25, -0.2) is 0 Å². The third-order valence-corrected chi connectivity index (χ3v) is 4.05. The molecule has 1 unspecified atom stereocenters. The molecule has 1 heterocycles. The Labute approximate surface area is 125 Å². The Morgan fingerprint density at radius 3 is 2.48 bits per heavy atom. The van der Waals surface area contributed by atoms with Crippen LogP contribution in [0.3, 0.4) is 0 Å². The summed E-state index contributed by atoms with van der Waals surface area (Å²) < 4.78 is 0. The average Bonchev–Trinajstić information content (AvgIpc) is 2.84. The van der Waals surface area contributed by atoms with E-state index in [2.05, 4.69) is 42.9 Å². The first kappa shape index (κ1) is 15.4. The Bertz CT molecular complexity index is 565. The molecule has 0 N–H and O–H groups in total. The number of hydrogen-bond acceptors (Lipinski definition) is 2. The molecule has 1 aliphatic heterocycles. The first-order chi connectivity index (χ1) is 10.1. The van der Waals surface area contributed by atoms with Crippen molar-refractivity contribution in [3.63, 3.8) is 0 Å². The fourth-order valence-corrected chi connectivity index (χ4v) is 3.09. The summed E-state index contributed by atoms with van der Waals surface area (Å²) in [6.45, 7) is 7.39. The molecule has 1 atom stereocenters. The van der Waals surface area contributed by atoms with Crippen LogP contribution in [0.15, 0.2) is 17.2 Å². The smallest absolute Gasteiger partial charge is 0.227 e. The number of nitrogens with zero attached hydrogens (tertiary/aromatic N) is 4. The number of hydrogen-bond donors (Lipinski definition) is 0. The molecule has 1 fully saturated rings. The molecule has 0 spiro atoms. The number of anilines is 1. The Kier molecular flexibility index (Phi) is 4.86. The number of carbonyl (C=O) groups excluding carboxylic acids is 1. The van der Waals surface area contributed by atoms with Gasteiger partial charge in [-0.3, -0.25) is 4.79 Å². The molecule has 1 amide bonds. The number of aryl methyl sites for hydroxylation is 3. The van der Waals surface area contributed by atoms with Crippen LogP contribution in [0.5, 0.6) is 0 Å². The van der Waals surface area contributed by atoms with Crippen molar-refractivity contribution in [3.05, 3.63) is 39.3 Å². The Balaban J connectivity index is 2.37. The molecule has 0 radical (unpaired) electrons. The fourth-order valence-electron chi connectivity index (χ4n) is 3.09. The molecular weight excluding hydrogens is 264 g/mol. The van der Waals surface area contributed by atoms with Gasteiger partial charge in [0, 0.05) is 30.1 Å². The summed E-state index contributed by atoms with van der Waals surface area (Å²) in [7, 11) is 0. The fraction of sp³-hybridized carbons (Fsp3) is 0.562. The highest BCUT2D eigenvalue weighted by molar-refractivity contribution is 5.97. The lowest BCUT2D eigenvalue weighted by molar-refractivity contribution is -0.117.